The van der Waals surface area contributed by atoms with Crippen molar-refractivity contribution in [3.05, 3.63) is 243 Å². The highest BCUT2D eigenvalue weighted by molar-refractivity contribution is 6.26. The predicted molar refractivity (Wildman–Crippen MR) is 276 cm³/mol. The minimum atomic E-state index is 1.20. The normalized spacial score (nSPS) is 11.8. The Balaban J connectivity index is 1.00. The van der Waals surface area contributed by atoms with Crippen LogP contribution in [0.4, 0.5) is 0 Å². The van der Waals surface area contributed by atoms with Crippen LogP contribution in [0.15, 0.2) is 243 Å². The molecule has 0 unspecified atom stereocenters. The molecule has 0 amide bonds. The lowest BCUT2D eigenvalue weighted by atomic mass is 9.84. The molecule has 0 heterocycles. The van der Waals surface area contributed by atoms with Gasteiger partial charge in [-0.05, 0) is 161 Å². The van der Waals surface area contributed by atoms with Crippen molar-refractivity contribution in [2.45, 2.75) is 0 Å². The molecule has 0 aromatic heterocycles. The third-order valence-corrected chi connectivity index (χ3v) is 13.6. The Hall–Kier alpha value is -8.32. The van der Waals surface area contributed by atoms with E-state index in [1.165, 1.54) is 131 Å². The second-order valence-corrected chi connectivity index (χ2v) is 17.2. The van der Waals surface area contributed by atoms with E-state index < -0.39 is 0 Å². The maximum atomic E-state index is 2.44. The summed E-state index contributed by atoms with van der Waals surface area (Å²) in [6.45, 7) is 0. The summed E-state index contributed by atoms with van der Waals surface area (Å²) in [5.74, 6) is 0. The highest BCUT2D eigenvalue weighted by Gasteiger charge is 2.19. The highest BCUT2D eigenvalue weighted by atomic mass is 14.2. The van der Waals surface area contributed by atoms with Gasteiger partial charge in [-0.3, -0.25) is 0 Å². The number of rotatable bonds is 5. The zero-order chi connectivity index (χ0) is 42.1. The van der Waals surface area contributed by atoms with Crippen LogP contribution >= 0.6 is 0 Å². The standard InChI is InChI=1S/C64H40/c1-3-14-45-36-48(30-26-41(45)12-1)47-16-11-17-52(38-47)64-59-23-10-9-22-58(59)63(62-40-51(33-35-60(62)64)49-31-27-42-13-2-4-15-46(42)37-49)44-28-24-43(25-29-44)50-32-34-57-55-20-6-5-18-53(55)54-19-7-8-21-56(54)61(57)39-50/h1-40H. The molecule has 13 rings (SSSR count). The molecule has 13 aromatic rings. The molecular formula is C64H40. The first-order valence-electron chi connectivity index (χ1n) is 22.2. The maximum Gasteiger partial charge on any atom is -0.00261 e. The van der Waals surface area contributed by atoms with Gasteiger partial charge >= 0.3 is 0 Å². The number of benzene rings is 13. The molecule has 0 spiro atoms. The molecule has 0 aliphatic rings. The van der Waals surface area contributed by atoms with Gasteiger partial charge < -0.3 is 0 Å². The highest BCUT2D eigenvalue weighted by Crippen LogP contribution is 2.46. The van der Waals surface area contributed by atoms with Gasteiger partial charge in [0.1, 0.15) is 0 Å². The lowest BCUT2D eigenvalue weighted by Crippen LogP contribution is -1.92. The van der Waals surface area contributed by atoms with Gasteiger partial charge in [-0.2, -0.15) is 0 Å². The van der Waals surface area contributed by atoms with Gasteiger partial charge in [0.15, 0.2) is 0 Å². The molecule has 0 saturated heterocycles. The van der Waals surface area contributed by atoms with Gasteiger partial charge in [-0.25, -0.2) is 0 Å². The molecule has 13 aromatic carbocycles. The van der Waals surface area contributed by atoms with E-state index in [0.29, 0.717) is 0 Å². The van der Waals surface area contributed by atoms with Gasteiger partial charge in [0.05, 0.1) is 0 Å². The van der Waals surface area contributed by atoms with Gasteiger partial charge in [-0.15, -0.1) is 0 Å². The topological polar surface area (TPSA) is 0 Å². The van der Waals surface area contributed by atoms with E-state index in [1.807, 2.05) is 0 Å². The molecule has 0 radical (unpaired) electrons. The fourth-order valence-electron chi connectivity index (χ4n) is 10.5. The Kier molecular flexibility index (Phi) is 8.32. The van der Waals surface area contributed by atoms with Gasteiger partial charge in [0.25, 0.3) is 0 Å². The Labute approximate surface area is 371 Å². The molecule has 0 atom stereocenters. The van der Waals surface area contributed by atoms with Crippen molar-refractivity contribution in [1.29, 1.82) is 0 Å². The minimum absolute atomic E-state index is 1.20. The first-order chi connectivity index (χ1) is 31.7. The minimum Gasteiger partial charge on any atom is -0.0616 e. The van der Waals surface area contributed by atoms with Crippen molar-refractivity contribution >= 4 is 75.4 Å². The predicted octanol–water partition coefficient (Wildman–Crippen LogP) is 18.1. The molecule has 0 bridgehead atoms. The molecule has 0 aliphatic carbocycles. The Bertz CT molecular complexity index is 3970. The summed E-state index contributed by atoms with van der Waals surface area (Å²) in [5.41, 5.74) is 12.2. The van der Waals surface area contributed by atoms with E-state index in [1.54, 1.807) is 0 Å². The van der Waals surface area contributed by atoms with Gasteiger partial charge in [0.2, 0.25) is 0 Å². The zero-order valence-corrected chi connectivity index (χ0v) is 35.1. The van der Waals surface area contributed by atoms with Crippen LogP contribution in [0.5, 0.6) is 0 Å². The van der Waals surface area contributed by atoms with Crippen LogP contribution in [0.3, 0.4) is 0 Å². The summed E-state index contributed by atoms with van der Waals surface area (Å²) in [6, 6.07) is 90.1. The fourth-order valence-corrected chi connectivity index (χ4v) is 10.5. The third kappa shape index (κ3) is 5.92. The van der Waals surface area contributed by atoms with Crippen molar-refractivity contribution in [3.63, 3.8) is 0 Å². The Morgan fingerprint density at radius 3 is 1.08 bits per heavy atom. The van der Waals surface area contributed by atoms with Crippen molar-refractivity contribution in [1.82, 2.24) is 0 Å². The van der Waals surface area contributed by atoms with Crippen LogP contribution in [0.25, 0.3) is 131 Å². The molecule has 64 heavy (non-hydrogen) atoms. The third-order valence-electron chi connectivity index (χ3n) is 13.6. The largest absolute Gasteiger partial charge is 0.0616 e. The summed E-state index contributed by atoms with van der Waals surface area (Å²) in [4.78, 5) is 0. The maximum absolute atomic E-state index is 2.44. The number of hydrogen-bond acceptors (Lipinski definition) is 0. The van der Waals surface area contributed by atoms with E-state index in [9.17, 15) is 0 Å². The van der Waals surface area contributed by atoms with Crippen molar-refractivity contribution in [2.24, 2.45) is 0 Å². The van der Waals surface area contributed by atoms with Crippen LogP contribution in [-0.2, 0) is 0 Å². The molecule has 0 aliphatic heterocycles. The van der Waals surface area contributed by atoms with Crippen LogP contribution < -0.4 is 0 Å². The van der Waals surface area contributed by atoms with Crippen LogP contribution in [0.2, 0.25) is 0 Å². The van der Waals surface area contributed by atoms with Crippen LogP contribution in [0, 0.1) is 0 Å². The second kappa shape index (κ2) is 14.7. The molecule has 0 nitrogen and oxygen atoms in total. The Morgan fingerprint density at radius 2 is 0.484 bits per heavy atom. The molecule has 296 valence electrons. The first-order valence-corrected chi connectivity index (χ1v) is 22.2. The van der Waals surface area contributed by atoms with Crippen LogP contribution in [-0.4, -0.2) is 0 Å². The number of fused-ring (bicyclic) bond motifs is 10. The fraction of sp³-hybridized carbons (Fsp3) is 0. The lowest BCUT2D eigenvalue weighted by molar-refractivity contribution is 1.61. The summed E-state index contributed by atoms with van der Waals surface area (Å²) in [7, 11) is 0. The monoisotopic (exact) mass is 808 g/mol. The first kappa shape index (κ1) is 36.3. The van der Waals surface area contributed by atoms with E-state index in [0.717, 1.165) is 0 Å². The summed E-state index contributed by atoms with van der Waals surface area (Å²) >= 11 is 0. The Morgan fingerprint density at radius 1 is 0.141 bits per heavy atom. The second-order valence-electron chi connectivity index (χ2n) is 17.2. The summed E-state index contributed by atoms with van der Waals surface area (Å²) in [6.07, 6.45) is 0. The SMILES string of the molecule is c1cc(-c2ccc3ccccc3c2)cc(-c2c3ccccc3c(-c3ccc(-c4ccc5c6ccccc6c6ccccc6c5c4)cc3)c3cc(-c4ccc5ccccc5c4)ccc23)c1. The average molecular weight is 809 g/mol. The van der Waals surface area contributed by atoms with E-state index in [4.69, 9.17) is 0 Å². The number of hydrogen-bond donors (Lipinski definition) is 0. The van der Waals surface area contributed by atoms with Crippen molar-refractivity contribution in [3.8, 4) is 55.6 Å². The molecule has 0 N–H and O–H groups in total. The van der Waals surface area contributed by atoms with Crippen molar-refractivity contribution in [2.75, 3.05) is 0 Å². The van der Waals surface area contributed by atoms with E-state index in [2.05, 4.69) is 243 Å². The smallest absolute Gasteiger partial charge is 0.00261 e. The molecular weight excluding hydrogens is 769 g/mol. The summed E-state index contributed by atoms with van der Waals surface area (Å²) in [5, 5.41) is 17.7. The molecule has 0 saturated carbocycles. The van der Waals surface area contributed by atoms with Crippen molar-refractivity contribution < 1.29 is 0 Å². The zero-order valence-electron chi connectivity index (χ0n) is 35.1. The van der Waals surface area contributed by atoms with E-state index in [-0.39, 0.29) is 0 Å². The lowest BCUT2D eigenvalue weighted by Gasteiger charge is -2.19. The van der Waals surface area contributed by atoms with E-state index >= 15 is 0 Å². The molecule has 0 fully saturated rings. The summed E-state index contributed by atoms with van der Waals surface area (Å²) < 4.78 is 0. The van der Waals surface area contributed by atoms with Gasteiger partial charge in [0, 0.05) is 0 Å². The average Bonchev–Trinajstić information content (AvgIpc) is 3.37. The van der Waals surface area contributed by atoms with Crippen LogP contribution in [0.1, 0.15) is 0 Å². The molecule has 0 heteroatoms. The van der Waals surface area contributed by atoms with Gasteiger partial charge in [-0.1, -0.05) is 212 Å². The quantitative estimate of drug-likeness (QED) is 0.120.